The van der Waals surface area contributed by atoms with E-state index in [2.05, 4.69) is 10.4 Å². The van der Waals surface area contributed by atoms with E-state index in [4.69, 9.17) is 5.11 Å². The van der Waals surface area contributed by atoms with E-state index in [1.54, 1.807) is 15.8 Å². The fraction of sp³-hybridized carbons (Fsp3) is 0.353. The number of carboxylic acids is 1. The number of nitrogens with one attached hydrogen (secondary N) is 1. The smallest absolute Gasteiger partial charge is 0.317 e. The second-order valence-corrected chi connectivity index (χ2v) is 5.91. The van der Waals surface area contributed by atoms with Crippen molar-refractivity contribution in [1.29, 1.82) is 0 Å². The van der Waals surface area contributed by atoms with Crippen LogP contribution in [0.25, 0.3) is 5.69 Å². The molecule has 2 heterocycles. The fourth-order valence-electron chi connectivity index (χ4n) is 2.83. The van der Waals surface area contributed by atoms with E-state index < -0.39 is 11.9 Å². The Hall–Kier alpha value is -2.83. The number of piperidine rings is 1. The molecule has 1 aliphatic heterocycles. The van der Waals surface area contributed by atoms with Crippen LogP contribution in [0.3, 0.4) is 0 Å². The van der Waals surface area contributed by atoms with Gasteiger partial charge in [0.1, 0.15) is 0 Å². The monoisotopic (exact) mass is 328 g/mol. The first-order chi connectivity index (χ1) is 11.6. The highest BCUT2D eigenvalue weighted by atomic mass is 16.4. The van der Waals surface area contributed by atoms with Gasteiger partial charge in [-0.3, -0.25) is 4.79 Å². The van der Waals surface area contributed by atoms with Crippen LogP contribution in [0.2, 0.25) is 0 Å². The summed E-state index contributed by atoms with van der Waals surface area (Å²) in [6, 6.07) is 9.50. The minimum Gasteiger partial charge on any atom is -0.481 e. The number of hydrogen-bond acceptors (Lipinski definition) is 3. The number of carbonyl (C=O) groups is 2. The lowest BCUT2D eigenvalue weighted by molar-refractivity contribution is -0.143. The van der Waals surface area contributed by atoms with Crippen molar-refractivity contribution in [2.75, 3.05) is 13.1 Å². The molecule has 24 heavy (non-hydrogen) atoms. The zero-order valence-electron chi connectivity index (χ0n) is 13.3. The quantitative estimate of drug-likeness (QED) is 0.897. The number of aliphatic carboxylic acids is 1. The van der Waals surface area contributed by atoms with Gasteiger partial charge in [-0.05, 0) is 25.0 Å². The first-order valence-electron chi connectivity index (χ1n) is 7.98. The fourth-order valence-corrected chi connectivity index (χ4v) is 2.83. The third-order valence-corrected chi connectivity index (χ3v) is 4.16. The lowest BCUT2D eigenvalue weighted by Gasteiger charge is -2.30. The van der Waals surface area contributed by atoms with Gasteiger partial charge in [0, 0.05) is 31.4 Å². The minimum atomic E-state index is -0.836. The van der Waals surface area contributed by atoms with E-state index >= 15 is 0 Å². The molecule has 1 aromatic carbocycles. The molecular weight excluding hydrogens is 308 g/mol. The Morgan fingerprint density at radius 3 is 2.83 bits per heavy atom. The molecule has 1 unspecified atom stereocenters. The van der Waals surface area contributed by atoms with E-state index in [9.17, 15) is 9.59 Å². The molecular formula is C17H20N4O3. The van der Waals surface area contributed by atoms with Crippen LogP contribution in [0.5, 0.6) is 0 Å². The van der Waals surface area contributed by atoms with Crippen molar-refractivity contribution in [2.24, 2.45) is 5.92 Å². The Kier molecular flexibility index (Phi) is 4.79. The number of hydrogen-bond donors (Lipinski definition) is 2. The minimum absolute atomic E-state index is 0.228. The van der Waals surface area contributed by atoms with Crippen LogP contribution in [-0.2, 0) is 11.3 Å². The van der Waals surface area contributed by atoms with Crippen molar-refractivity contribution in [3.63, 3.8) is 0 Å². The predicted octanol–water partition coefficient (Wildman–Crippen LogP) is 1.88. The summed E-state index contributed by atoms with van der Waals surface area (Å²) < 4.78 is 1.75. The van der Waals surface area contributed by atoms with Crippen LogP contribution in [-0.4, -0.2) is 44.9 Å². The van der Waals surface area contributed by atoms with Crippen molar-refractivity contribution < 1.29 is 14.7 Å². The highest BCUT2D eigenvalue weighted by Crippen LogP contribution is 2.16. The van der Waals surface area contributed by atoms with E-state index in [0.717, 1.165) is 17.7 Å². The molecule has 1 aliphatic rings. The van der Waals surface area contributed by atoms with Gasteiger partial charge in [-0.15, -0.1) is 0 Å². The molecule has 3 rings (SSSR count). The topological polar surface area (TPSA) is 87.5 Å². The summed E-state index contributed by atoms with van der Waals surface area (Å²) in [5, 5.41) is 16.2. The maximum atomic E-state index is 12.2. The molecule has 7 nitrogen and oxygen atoms in total. The van der Waals surface area contributed by atoms with Crippen LogP contribution in [0.1, 0.15) is 18.4 Å². The molecule has 0 radical (unpaired) electrons. The highest BCUT2D eigenvalue weighted by molar-refractivity contribution is 5.76. The summed E-state index contributed by atoms with van der Waals surface area (Å²) in [5.74, 6) is -1.30. The zero-order chi connectivity index (χ0) is 16.9. The van der Waals surface area contributed by atoms with Crippen molar-refractivity contribution in [1.82, 2.24) is 20.0 Å². The van der Waals surface area contributed by atoms with Crippen molar-refractivity contribution >= 4 is 12.0 Å². The van der Waals surface area contributed by atoms with Gasteiger partial charge in [0.15, 0.2) is 0 Å². The highest BCUT2D eigenvalue weighted by Gasteiger charge is 2.27. The molecule has 2 N–H and O–H groups in total. The van der Waals surface area contributed by atoms with Crippen LogP contribution in [0.15, 0.2) is 42.7 Å². The van der Waals surface area contributed by atoms with Gasteiger partial charge in [0.05, 0.1) is 17.8 Å². The number of carbonyl (C=O) groups excluding carboxylic acids is 1. The van der Waals surface area contributed by atoms with E-state index in [-0.39, 0.29) is 12.6 Å². The Morgan fingerprint density at radius 2 is 2.08 bits per heavy atom. The molecule has 2 amide bonds. The average molecular weight is 328 g/mol. The van der Waals surface area contributed by atoms with Gasteiger partial charge >= 0.3 is 12.0 Å². The Labute approximate surface area is 139 Å². The lowest BCUT2D eigenvalue weighted by atomic mass is 9.99. The molecule has 2 aromatic rings. The summed E-state index contributed by atoms with van der Waals surface area (Å²) >= 11 is 0. The van der Waals surface area contributed by atoms with E-state index in [1.165, 1.54) is 0 Å². The number of likely N-dealkylation sites (tertiary alicyclic amines) is 1. The summed E-state index contributed by atoms with van der Waals surface area (Å²) in [6.45, 7) is 1.23. The Balaban J connectivity index is 1.55. The first kappa shape index (κ1) is 16.0. The molecule has 7 heteroatoms. The van der Waals surface area contributed by atoms with Crippen LogP contribution < -0.4 is 5.32 Å². The molecule has 126 valence electrons. The van der Waals surface area contributed by atoms with Gasteiger partial charge in [-0.2, -0.15) is 5.10 Å². The number of aromatic nitrogens is 2. The SMILES string of the molecule is O=C(O)C1CCCN(C(=O)NCc2cnn(-c3ccccc3)c2)C1. The molecule has 1 atom stereocenters. The number of urea groups is 1. The molecule has 0 saturated carbocycles. The molecule has 1 saturated heterocycles. The van der Waals surface area contributed by atoms with Gasteiger partial charge in [0.2, 0.25) is 0 Å². The van der Waals surface area contributed by atoms with Crippen LogP contribution in [0, 0.1) is 5.92 Å². The van der Waals surface area contributed by atoms with Crippen molar-refractivity contribution in [3.8, 4) is 5.69 Å². The normalized spacial score (nSPS) is 17.5. The van der Waals surface area contributed by atoms with Crippen molar-refractivity contribution in [3.05, 3.63) is 48.3 Å². The maximum Gasteiger partial charge on any atom is 0.317 e. The standard InChI is InChI=1S/C17H20N4O3/c22-16(23)14-5-4-8-20(12-14)17(24)18-9-13-10-19-21(11-13)15-6-2-1-3-7-15/h1-3,6-7,10-11,14H,4-5,8-9,12H2,(H,18,24)(H,22,23). The summed E-state index contributed by atoms with van der Waals surface area (Å²) in [6.07, 6.45) is 4.93. The third-order valence-electron chi connectivity index (χ3n) is 4.16. The Morgan fingerprint density at radius 1 is 1.29 bits per heavy atom. The van der Waals surface area contributed by atoms with Gasteiger partial charge in [-0.1, -0.05) is 18.2 Å². The predicted molar refractivity (Wildman–Crippen MR) is 87.7 cm³/mol. The molecule has 0 aliphatic carbocycles. The number of para-hydroxylation sites is 1. The number of carboxylic acid groups (broad SMARTS) is 1. The molecule has 0 bridgehead atoms. The van der Waals surface area contributed by atoms with E-state index in [1.807, 2.05) is 36.5 Å². The second-order valence-electron chi connectivity index (χ2n) is 5.91. The van der Waals surface area contributed by atoms with Crippen molar-refractivity contribution in [2.45, 2.75) is 19.4 Å². The third kappa shape index (κ3) is 3.73. The Bertz CT molecular complexity index is 714. The number of benzene rings is 1. The molecule has 1 aromatic heterocycles. The second kappa shape index (κ2) is 7.16. The summed E-state index contributed by atoms with van der Waals surface area (Å²) in [7, 11) is 0. The average Bonchev–Trinajstić information content (AvgIpc) is 3.09. The number of nitrogens with zero attached hydrogens (tertiary/aromatic N) is 3. The van der Waals surface area contributed by atoms with Crippen LogP contribution >= 0.6 is 0 Å². The molecule has 0 spiro atoms. The number of amides is 2. The summed E-state index contributed by atoms with van der Waals surface area (Å²) in [5.41, 5.74) is 1.84. The zero-order valence-corrected chi connectivity index (χ0v) is 13.3. The van der Waals surface area contributed by atoms with Gasteiger partial charge < -0.3 is 15.3 Å². The number of rotatable bonds is 4. The lowest BCUT2D eigenvalue weighted by Crippen LogP contribution is -2.46. The van der Waals surface area contributed by atoms with Gasteiger partial charge in [-0.25, -0.2) is 9.48 Å². The van der Waals surface area contributed by atoms with E-state index in [0.29, 0.717) is 19.5 Å². The summed E-state index contributed by atoms with van der Waals surface area (Å²) in [4.78, 5) is 24.9. The largest absolute Gasteiger partial charge is 0.481 e. The molecule has 1 fully saturated rings. The van der Waals surface area contributed by atoms with Gasteiger partial charge in [0.25, 0.3) is 0 Å². The maximum absolute atomic E-state index is 12.2. The van der Waals surface area contributed by atoms with Crippen LogP contribution in [0.4, 0.5) is 4.79 Å². The first-order valence-corrected chi connectivity index (χ1v) is 7.98.